The third kappa shape index (κ3) is 4.59. The van der Waals surface area contributed by atoms with E-state index in [1.807, 2.05) is 41.3 Å². The van der Waals surface area contributed by atoms with E-state index in [1.165, 1.54) is 18.1 Å². The molecule has 0 bridgehead atoms. The van der Waals surface area contributed by atoms with E-state index >= 15 is 0 Å². The summed E-state index contributed by atoms with van der Waals surface area (Å²) in [5.41, 5.74) is 4.46. The Labute approximate surface area is 148 Å². The van der Waals surface area contributed by atoms with Crippen LogP contribution in [-0.4, -0.2) is 29.8 Å². The molecule has 25 heavy (non-hydrogen) atoms. The highest BCUT2D eigenvalue weighted by Gasteiger charge is 2.19. The molecule has 0 atom stereocenters. The number of nitrogens with zero attached hydrogens (tertiary/aromatic N) is 1. The van der Waals surface area contributed by atoms with Gasteiger partial charge in [-0.3, -0.25) is 9.59 Å². The van der Waals surface area contributed by atoms with Gasteiger partial charge in [-0.05, 0) is 35.2 Å². The van der Waals surface area contributed by atoms with E-state index < -0.39 is 0 Å². The zero-order valence-corrected chi connectivity index (χ0v) is 14.4. The summed E-state index contributed by atoms with van der Waals surface area (Å²) in [5.74, 6) is 0.0423. The highest BCUT2D eigenvalue weighted by molar-refractivity contribution is 5.81. The van der Waals surface area contributed by atoms with Gasteiger partial charge >= 0.3 is 0 Å². The van der Waals surface area contributed by atoms with E-state index in [9.17, 15) is 9.59 Å². The van der Waals surface area contributed by atoms with E-state index in [2.05, 4.69) is 22.8 Å². The van der Waals surface area contributed by atoms with E-state index in [1.54, 1.807) is 0 Å². The van der Waals surface area contributed by atoms with E-state index in [0.717, 1.165) is 24.2 Å². The van der Waals surface area contributed by atoms with Crippen molar-refractivity contribution in [2.75, 3.05) is 18.4 Å². The van der Waals surface area contributed by atoms with Crippen LogP contribution in [0.2, 0.25) is 0 Å². The lowest BCUT2D eigenvalue weighted by atomic mass is 10.00. The lowest BCUT2D eigenvalue weighted by Crippen LogP contribution is -2.39. The first-order valence-electron chi connectivity index (χ1n) is 8.53. The van der Waals surface area contributed by atoms with Crippen molar-refractivity contribution in [1.82, 2.24) is 10.2 Å². The molecule has 5 nitrogen and oxygen atoms in total. The molecule has 2 aromatic carbocycles. The van der Waals surface area contributed by atoms with Crippen molar-refractivity contribution >= 4 is 17.5 Å². The molecule has 1 aliphatic heterocycles. The third-order valence-corrected chi connectivity index (χ3v) is 4.40. The summed E-state index contributed by atoms with van der Waals surface area (Å²) in [4.78, 5) is 25.4. The number of hydrogen-bond acceptors (Lipinski definition) is 3. The number of hydrogen-bond donors (Lipinski definition) is 2. The van der Waals surface area contributed by atoms with E-state index in [0.29, 0.717) is 13.1 Å². The molecule has 0 saturated heterocycles. The maximum atomic E-state index is 12.5. The van der Waals surface area contributed by atoms with Crippen LogP contribution < -0.4 is 10.6 Å². The van der Waals surface area contributed by atoms with Crippen LogP contribution in [0.15, 0.2) is 48.5 Å². The number of amides is 2. The summed E-state index contributed by atoms with van der Waals surface area (Å²) < 4.78 is 0. The summed E-state index contributed by atoms with van der Waals surface area (Å²) in [6, 6.07) is 16.0. The predicted octanol–water partition coefficient (Wildman–Crippen LogP) is 2.32. The fourth-order valence-electron chi connectivity index (χ4n) is 3.02. The summed E-state index contributed by atoms with van der Waals surface area (Å²) >= 11 is 0. The lowest BCUT2D eigenvalue weighted by Gasteiger charge is -2.29. The van der Waals surface area contributed by atoms with Crippen LogP contribution in [0.25, 0.3) is 0 Å². The Morgan fingerprint density at radius 1 is 1.08 bits per heavy atom. The Morgan fingerprint density at radius 2 is 1.88 bits per heavy atom. The van der Waals surface area contributed by atoms with Gasteiger partial charge in [0.15, 0.2) is 0 Å². The van der Waals surface area contributed by atoms with Crippen LogP contribution in [0.3, 0.4) is 0 Å². The van der Waals surface area contributed by atoms with Gasteiger partial charge in [0.1, 0.15) is 0 Å². The molecule has 2 aromatic rings. The molecule has 0 unspecified atom stereocenters. The predicted molar refractivity (Wildman–Crippen MR) is 98.0 cm³/mol. The number of fused-ring (bicyclic) bond motifs is 1. The number of anilines is 1. The fourth-order valence-corrected chi connectivity index (χ4v) is 3.02. The Hall–Kier alpha value is -2.82. The first kappa shape index (κ1) is 17.0. The smallest absolute Gasteiger partial charge is 0.242 e. The molecular weight excluding hydrogens is 314 g/mol. The van der Waals surface area contributed by atoms with Crippen molar-refractivity contribution in [1.29, 1.82) is 0 Å². The molecule has 1 aliphatic rings. The highest BCUT2D eigenvalue weighted by Crippen LogP contribution is 2.18. The standard InChI is InChI=1S/C20H23N3O2/c1-15(24)21-12-16-5-4-8-19(11-16)22-13-20(25)23-10-9-17-6-2-3-7-18(17)14-23/h2-8,11,22H,9-10,12-14H2,1H3,(H,21,24). The molecule has 0 aliphatic carbocycles. The van der Waals surface area contributed by atoms with Crippen LogP contribution in [-0.2, 0) is 29.1 Å². The Morgan fingerprint density at radius 3 is 2.68 bits per heavy atom. The van der Waals surface area contributed by atoms with E-state index in [4.69, 9.17) is 0 Å². The second kappa shape index (κ2) is 7.83. The molecule has 0 aromatic heterocycles. The normalized spacial score (nSPS) is 13.1. The molecule has 1 heterocycles. The van der Waals surface area contributed by atoms with Gasteiger partial charge in [0, 0.05) is 32.2 Å². The first-order chi connectivity index (χ1) is 12.1. The Kier molecular flexibility index (Phi) is 5.33. The Balaban J connectivity index is 1.54. The van der Waals surface area contributed by atoms with Gasteiger partial charge in [0.25, 0.3) is 0 Å². The van der Waals surface area contributed by atoms with Crippen LogP contribution >= 0.6 is 0 Å². The van der Waals surface area contributed by atoms with Gasteiger partial charge in [-0.15, -0.1) is 0 Å². The molecule has 0 radical (unpaired) electrons. The average molecular weight is 337 g/mol. The summed E-state index contributed by atoms with van der Waals surface area (Å²) in [6.07, 6.45) is 0.911. The number of rotatable bonds is 5. The van der Waals surface area contributed by atoms with Crippen LogP contribution in [0.1, 0.15) is 23.6 Å². The molecule has 130 valence electrons. The molecule has 0 saturated carbocycles. The second-order valence-electron chi connectivity index (χ2n) is 6.30. The molecule has 0 spiro atoms. The molecule has 5 heteroatoms. The van der Waals surface area contributed by atoms with Crippen molar-refractivity contribution in [2.24, 2.45) is 0 Å². The molecular formula is C20H23N3O2. The third-order valence-electron chi connectivity index (χ3n) is 4.40. The maximum absolute atomic E-state index is 12.5. The zero-order chi connectivity index (χ0) is 17.6. The molecule has 0 fully saturated rings. The molecule has 2 amide bonds. The van der Waals surface area contributed by atoms with Gasteiger partial charge in [-0.25, -0.2) is 0 Å². The van der Waals surface area contributed by atoms with Crippen molar-refractivity contribution in [3.05, 3.63) is 65.2 Å². The van der Waals surface area contributed by atoms with Crippen molar-refractivity contribution < 1.29 is 9.59 Å². The summed E-state index contributed by atoms with van der Waals surface area (Å²) in [5, 5.41) is 5.96. The zero-order valence-electron chi connectivity index (χ0n) is 14.4. The van der Waals surface area contributed by atoms with Crippen LogP contribution in [0, 0.1) is 0 Å². The van der Waals surface area contributed by atoms with Crippen LogP contribution in [0.5, 0.6) is 0 Å². The minimum atomic E-state index is -0.0566. The van der Waals surface area contributed by atoms with E-state index in [-0.39, 0.29) is 18.4 Å². The monoisotopic (exact) mass is 337 g/mol. The molecule has 3 rings (SSSR count). The topological polar surface area (TPSA) is 61.4 Å². The van der Waals surface area contributed by atoms with Crippen molar-refractivity contribution in [3.63, 3.8) is 0 Å². The summed E-state index contributed by atoms with van der Waals surface area (Å²) in [7, 11) is 0. The van der Waals surface area contributed by atoms with Gasteiger partial charge in [0.05, 0.1) is 6.54 Å². The van der Waals surface area contributed by atoms with Crippen molar-refractivity contribution in [2.45, 2.75) is 26.4 Å². The van der Waals surface area contributed by atoms with Crippen molar-refractivity contribution in [3.8, 4) is 0 Å². The average Bonchev–Trinajstić information content (AvgIpc) is 2.64. The lowest BCUT2D eigenvalue weighted by molar-refractivity contribution is -0.130. The highest BCUT2D eigenvalue weighted by atomic mass is 16.2. The number of carbonyl (C=O) groups excluding carboxylic acids is 2. The van der Waals surface area contributed by atoms with Gasteiger partial charge in [0.2, 0.25) is 11.8 Å². The number of benzene rings is 2. The van der Waals surface area contributed by atoms with Crippen LogP contribution in [0.4, 0.5) is 5.69 Å². The van der Waals surface area contributed by atoms with Gasteiger partial charge in [-0.1, -0.05) is 36.4 Å². The maximum Gasteiger partial charge on any atom is 0.242 e. The molecule has 2 N–H and O–H groups in total. The van der Waals surface area contributed by atoms with Gasteiger partial charge in [-0.2, -0.15) is 0 Å². The quantitative estimate of drug-likeness (QED) is 0.880. The van der Waals surface area contributed by atoms with Gasteiger partial charge < -0.3 is 15.5 Å². The number of carbonyl (C=O) groups is 2. The second-order valence-corrected chi connectivity index (χ2v) is 6.30. The minimum Gasteiger partial charge on any atom is -0.376 e. The first-order valence-corrected chi connectivity index (χ1v) is 8.53. The largest absolute Gasteiger partial charge is 0.376 e. The number of nitrogens with one attached hydrogen (secondary N) is 2. The SMILES string of the molecule is CC(=O)NCc1cccc(NCC(=O)N2CCc3ccccc3C2)c1. The Bertz CT molecular complexity index is 773. The minimum absolute atomic E-state index is 0.0566. The summed E-state index contributed by atoms with van der Waals surface area (Å²) in [6.45, 7) is 3.70. The fraction of sp³-hybridized carbons (Fsp3) is 0.300.